The molecule has 0 radical (unpaired) electrons. The first kappa shape index (κ1) is 13.5. The molecular weight excluding hydrogens is 218 g/mol. The van der Waals surface area contributed by atoms with Crippen LogP contribution in [0.1, 0.15) is 51.1 Å². The zero-order valence-electron chi connectivity index (χ0n) is 10.3. The fourth-order valence-corrected chi connectivity index (χ4v) is 2.12. The van der Waals surface area contributed by atoms with E-state index in [1.807, 2.05) is 12.1 Å². The molecule has 0 aliphatic heterocycles. The Morgan fingerprint density at radius 1 is 1.19 bits per heavy atom. The van der Waals surface area contributed by atoms with Gasteiger partial charge in [0, 0.05) is 11.1 Å². The van der Waals surface area contributed by atoms with Gasteiger partial charge in [-0.2, -0.15) is 0 Å². The minimum atomic E-state index is 0.411. The van der Waals surface area contributed by atoms with E-state index in [-0.39, 0.29) is 0 Å². The second-order valence-corrected chi connectivity index (χ2v) is 4.58. The maximum absolute atomic E-state index is 6.24. The highest BCUT2D eigenvalue weighted by atomic mass is 35.5. The van der Waals surface area contributed by atoms with Crippen molar-refractivity contribution in [2.75, 3.05) is 6.54 Å². The number of unbranched alkanes of at least 4 members (excludes halogenated alkanes) is 1. The van der Waals surface area contributed by atoms with Crippen molar-refractivity contribution in [1.29, 1.82) is 0 Å². The zero-order valence-corrected chi connectivity index (χ0v) is 11.1. The number of halogens is 1. The van der Waals surface area contributed by atoms with Crippen molar-refractivity contribution in [2.24, 2.45) is 0 Å². The monoisotopic (exact) mass is 239 g/mol. The number of benzene rings is 1. The third kappa shape index (κ3) is 4.15. The molecule has 1 nitrogen and oxygen atoms in total. The first-order chi connectivity index (χ1) is 7.79. The predicted molar refractivity (Wildman–Crippen MR) is 72.0 cm³/mol. The summed E-state index contributed by atoms with van der Waals surface area (Å²) in [5.74, 6) is 0. The molecular formula is C14H22ClN. The van der Waals surface area contributed by atoms with Gasteiger partial charge in [0.05, 0.1) is 0 Å². The van der Waals surface area contributed by atoms with Gasteiger partial charge >= 0.3 is 0 Å². The third-order valence-corrected chi connectivity index (χ3v) is 3.11. The van der Waals surface area contributed by atoms with E-state index in [0.717, 1.165) is 18.0 Å². The van der Waals surface area contributed by atoms with Crippen molar-refractivity contribution in [3.63, 3.8) is 0 Å². The third-order valence-electron chi connectivity index (χ3n) is 2.77. The lowest BCUT2D eigenvalue weighted by Gasteiger charge is -2.19. The van der Waals surface area contributed by atoms with Crippen LogP contribution in [0, 0.1) is 0 Å². The van der Waals surface area contributed by atoms with Crippen LogP contribution in [0.2, 0.25) is 5.02 Å². The lowest BCUT2D eigenvalue weighted by atomic mass is 10.0. The van der Waals surface area contributed by atoms with Crippen molar-refractivity contribution in [3.8, 4) is 0 Å². The average Bonchev–Trinajstić information content (AvgIpc) is 2.31. The van der Waals surface area contributed by atoms with Gasteiger partial charge in [0.15, 0.2) is 0 Å². The quantitative estimate of drug-likeness (QED) is 0.735. The lowest BCUT2D eigenvalue weighted by molar-refractivity contribution is 0.481. The SMILES string of the molecule is CCCCC(NCCC)c1ccccc1Cl. The van der Waals surface area contributed by atoms with E-state index in [4.69, 9.17) is 11.6 Å². The van der Waals surface area contributed by atoms with Gasteiger partial charge in [0.25, 0.3) is 0 Å². The zero-order chi connectivity index (χ0) is 11.8. The number of rotatable bonds is 7. The molecule has 1 aromatic carbocycles. The van der Waals surface area contributed by atoms with Crippen molar-refractivity contribution >= 4 is 11.6 Å². The van der Waals surface area contributed by atoms with Crippen LogP contribution in [-0.4, -0.2) is 6.54 Å². The van der Waals surface area contributed by atoms with Crippen LogP contribution in [0.5, 0.6) is 0 Å². The van der Waals surface area contributed by atoms with Gasteiger partial charge in [0.2, 0.25) is 0 Å². The Bertz CT molecular complexity index is 291. The smallest absolute Gasteiger partial charge is 0.0453 e. The van der Waals surface area contributed by atoms with Crippen LogP contribution >= 0.6 is 11.6 Å². The molecule has 0 saturated heterocycles. The minimum Gasteiger partial charge on any atom is -0.310 e. The highest BCUT2D eigenvalue weighted by Gasteiger charge is 2.12. The summed E-state index contributed by atoms with van der Waals surface area (Å²) in [7, 11) is 0. The van der Waals surface area contributed by atoms with Crippen LogP contribution in [0.3, 0.4) is 0 Å². The Morgan fingerprint density at radius 3 is 2.56 bits per heavy atom. The largest absolute Gasteiger partial charge is 0.310 e. The molecule has 1 rings (SSSR count). The summed E-state index contributed by atoms with van der Waals surface area (Å²) in [6, 6.07) is 8.57. The van der Waals surface area contributed by atoms with Gasteiger partial charge in [-0.25, -0.2) is 0 Å². The molecule has 0 fully saturated rings. The molecule has 0 saturated carbocycles. The first-order valence-electron chi connectivity index (χ1n) is 6.27. The average molecular weight is 240 g/mol. The van der Waals surface area contributed by atoms with Crippen LogP contribution in [0.15, 0.2) is 24.3 Å². The van der Waals surface area contributed by atoms with Crippen molar-refractivity contribution in [2.45, 2.75) is 45.6 Å². The van der Waals surface area contributed by atoms with E-state index in [9.17, 15) is 0 Å². The molecule has 1 aromatic rings. The fraction of sp³-hybridized carbons (Fsp3) is 0.571. The summed E-state index contributed by atoms with van der Waals surface area (Å²) in [5.41, 5.74) is 1.24. The van der Waals surface area contributed by atoms with Crippen LogP contribution in [-0.2, 0) is 0 Å². The van der Waals surface area contributed by atoms with Crippen LogP contribution < -0.4 is 5.32 Å². The number of hydrogen-bond acceptors (Lipinski definition) is 1. The maximum Gasteiger partial charge on any atom is 0.0453 e. The second kappa shape index (κ2) is 7.70. The summed E-state index contributed by atoms with van der Waals surface area (Å²) < 4.78 is 0. The van der Waals surface area contributed by atoms with Gasteiger partial charge in [-0.3, -0.25) is 0 Å². The molecule has 1 atom stereocenters. The van der Waals surface area contributed by atoms with E-state index in [0.29, 0.717) is 6.04 Å². The van der Waals surface area contributed by atoms with Crippen LogP contribution in [0.4, 0.5) is 0 Å². The molecule has 1 unspecified atom stereocenters. The van der Waals surface area contributed by atoms with Crippen LogP contribution in [0.25, 0.3) is 0 Å². The molecule has 0 bridgehead atoms. The standard InChI is InChI=1S/C14H22ClN/c1-3-5-10-14(16-11-4-2)12-8-6-7-9-13(12)15/h6-9,14,16H,3-5,10-11H2,1-2H3. The van der Waals surface area contributed by atoms with E-state index >= 15 is 0 Å². The Balaban J connectivity index is 2.70. The van der Waals surface area contributed by atoms with E-state index < -0.39 is 0 Å². The molecule has 0 aromatic heterocycles. The molecule has 1 N–H and O–H groups in total. The first-order valence-corrected chi connectivity index (χ1v) is 6.65. The van der Waals surface area contributed by atoms with Gasteiger partial charge in [-0.05, 0) is 31.0 Å². The molecule has 0 aliphatic carbocycles. The van der Waals surface area contributed by atoms with E-state index in [1.54, 1.807) is 0 Å². The Hall–Kier alpha value is -0.530. The normalized spacial score (nSPS) is 12.7. The summed E-state index contributed by atoms with van der Waals surface area (Å²) in [6.45, 7) is 5.47. The van der Waals surface area contributed by atoms with Gasteiger partial charge in [-0.1, -0.05) is 56.5 Å². The molecule has 0 heterocycles. The molecule has 0 amide bonds. The van der Waals surface area contributed by atoms with Gasteiger partial charge in [0.1, 0.15) is 0 Å². The fourth-order valence-electron chi connectivity index (χ4n) is 1.85. The molecule has 90 valence electrons. The van der Waals surface area contributed by atoms with Crippen molar-refractivity contribution < 1.29 is 0 Å². The maximum atomic E-state index is 6.24. The van der Waals surface area contributed by atoms with E-state index in [1.165, 1.54) is 24.8 Å². The highest BCUT2D eigenvalue weighted by molar-refractivity contribution is 6.31. The summed E-state index contributed by atoms with van der Waals surface area (Å²) in [4.78, 5) is 0. The predicted octanol–water partition coefficient (Wildman–Crippen LogP) is 4.57. The number of hydrogen-bond donors (Lipinski definition) is 1. The Labute approximate surface area is 104 Å². The molecule has 0 spiro atoms. The lowest BCUT2D eigenvalue weighted by Crippen LogP contribution is -2.22. The second-order valence-electron chi connectivity index (χ2n) is 4.17. The van der Waals surface area contributed by atoms with Gasteiger partial charge < -0.3 is 5.32 Å². The molecule has 16 heavy (non-hydrogen) atoms. The van der Waals surface area contributed by atoms with Crippen molar-refractivity contribution in [3.05, 3.63) is 34.9 Å². The topological polar surface area (TPSA) is 12.0 Å². The number of nitrogens with one attached hydrogen (secondary N) is 1. The van der Waals surface area contributed by atoms with E-state index in [2.05, 4.69) is 31.3 Å². The minimum absolute atomic E-state index is 0.411. The summed E-state index contributed by atoms with van der Waals surface area (Å²) in [5, 5.41) is 4.46. The Kier molecular flexibility index (Phi) is 6.51. The Morgan fingerprint density at radius 2 is 1.94 bits per heavy atom. The summed E-state index contributed by atoms with van der Waals surface area (Å²) >= 11 is 6.24. The van der Waals surface area contributed by atoms with Gasteiger partial charge in [-0.15, -0.1) is 0 Å². The van der Waals surface area contributed by atoms with Crippen molar-refractivity contribution in [1.82, 2.24) is 5.32 Å². The summed E-state index contributed by atoms with van der Waals surface area (Å²) in [6.07, 6.45) is 4.80. The molecule has 0 aliphatic rings. The highest BCUT2D eigenvalue weighted by Crippen LogP contribution is 2.26. The molecule has 2 heteroatoms.